The lowest BCUT2D eigenvalue weighted by atomic mass is 10.1. The molecule has 2 aromatic rings. The monoisotopic (exact) mass is 281 g/mol. The van der Waals surface area contributed by atoms with Crippen molar-refractivity contribution in [3.8, 4) is 5.75 Å². The Morgan fingerprint density at radius 2 is 1.60 bits per heavy atom. The molecule has 1 unspecified atom stereocenters. The Labute approximate surface area is 114 Å². The van der Waals surface area contributed by atoms with Crippen LogP contribution in [-0.4, -0.2) is 5.11 Å². The van der Waals surface area contributed by atoms with Gasteiger partial charge in [0.15, 0.2) is 17.4 Å². The standard InChI is InChI=1S/C15H14F3NO/c1-9(11-2-4-12(16)5-3-11)19-8-10-6-13(17)15(20)14(18)7-10/h2-7,9,19-20H,8H2,1H3. The number of benzene rings is 2. The zero-order valence-electron chi connectivity index (χ0n) is 10.8. The molecule has 5 heteroatoms. The highest BCUT2D eigenvalue weighted by Crippen LogP contribution is 2.22. The molecule has 106 valence electrons. The molecule has 0 aromatic heterocycles. The molecule has 0 heterocycles. The van der Waals surface area contributed by atoms with E-state index in [2.05, 4.69) is 5.32 Å². The van der Waals surface area contributed by atoms with Gasteiger partial charge in [0.1, 0.15) is 5.82 Å². The first-order valence-electron chi connectivity index (χ1n) is 6.13. The smallest absolute Gasteiger partial charge is 0.187 e. The molecule has 0 saturated carbocycles. The highest BCUT2D eigenvalue weighted by molar-refractivity contribution is 5.30. The number of phenols is 1. The Morgan fingerprint density at radius 3 is 2.15 bits per heavy atom. The fourth-order valence-electron chi connectivity index (χ4n) is 1.86. The predicted octanol–water partition coefficient (Wildman–Crippen LogP) is 3.66. The van der Waals surface area contributed by atoms with Crippen LogP contribution in [0.25, 0.3) is 0 Å². The molecule has 0 spiro atoms. The van der Waals surface area contributed by atoms with E-state index >= 15 is 0 Å². The second-order valence-corrected chi connectivity index (χ2v) is 4.56. The van der Waals surface area contributed by atoms with Crippen molar-refractivity contribution < 1.29 is 18.3 Å². The van der Waals surface area contributed by atoms with E-state index in [1.807, 2.05) is 6.92 Å². The maximum Gasteiger partial charge on any atom is 0.187 e. The SMILES string of the molecule is CC(NCc1cc(F)c(O)c(F)c1)c1ccc(F)cc1. The van der Waals surface area contributed by atoms with E-state index in [1.54, 1.807) is 12.1 Å². The number of hydrogen-bond donors (Lipinski definition) is 2. The zero-order valence-corrected chi connectivity index (χ0v) is 10.8. The van der Waals surface area contributed by atoms with Gasteiger partial charge in [-0.15, -0.1) is 0 Å². The van der Waals surface area contributed by atoms with Gasteiger partial charge >= 0.3 is 0 Å². The van der Waals surface area contributed by atoms with Gasteiger partial charge in [0.25, 0.3) is 0 Å². The number of rotatable bonds is 4. The van der Waals surface area contributed by atoms with Gasteiger partial charge in [0.05, 0.1) is 0 Å². The highest BCUT2D eigenvalue weighted by atomic mass is 19.1. The molecule has 0 aliphatic carbocycles. The molecule has 0 bridgehead atoms. The summed E-state index contributed by atoms with van der Waals surface area (Å²) >= 11 is 0. The summed E-state index contributed by atoms with van der Waals surface area (Å²) in [6.07, 6.45) is 0. The summed E-state index contributed by atoms with van der Waals surface area (Å²) in [6, 6.07) is 8.04. The summed E-state index contributed by atoms with van der Waals surface area (Å²) in [5, 5.41) is 12.1. The number of phenolic OH excluding ortho intramolecular Hbond substituents is 1. The zero-order chi connectivity index (χ0) is 14.7. The molecule has 1 atom stereocenters. The highest BCUT2D eigenvalue weighted by Gasteiger charge is 2.11. The summed E-state index contributed by atoms with van der Waals surface area (Å²) in [4.78, 5) is 0. The molecule has 0 fully saturated rings. The molecule has 2 rings (SSSR count). The average molecular weight is 281 g/mol. The summed E-state index contributed by atoms with van der Waals surface area (Å²) in [7, 11) is 0. The van der Waals surface area contributed by atoms with Crippen LogP contribution < -0.4 is 5.32 Å². The van der Waals surface area contributed by atoms with Crippen molar-refractivity contribution in [1.29, 1.82) is 0 Å². The predicted molar refractivity (Wildman–Crippen MR) is 69.7 cm³/mol. The first kappa shape index (κ1) is 14.4. The molecule has 2 N–H and O–H groups in total. The lowest BCUT2D eigenvalue weighted by Gasteiger charge is -2.14. The maximum absolute atomic E-state index is 13.2. The van der Waals surface area contributed by atoms with E-state index in [9.17, 15) is 13.2 Å². The number of hydrogen-bond acceptors (Lipinski definition) is 2. The molecule has 0 saturated heterocycles. The summed E-state index contributed by atoms with van der Waals surface area (Å²) in [5.41, 5.74) is 1.25. The molecule has 20 heavy (non-hydrogen) atoms. The van der Waals surface area contributed by atoms with Crippen molar-refractivity contribution >= 4 is 0 Å². The largest absolute Gasteiger partial charge is 0.503 e. The van der Waals surface area contributed by atoms with E-state index in [0.29, 0.717) is 5.56 Å². The van der Waals surface area contributed by atoms with Crippen LogP contribution in [-0.2, 0) is 6.54 Å². The van der Waals surface area contributed by atoms with E-state index in [1.165, 1.54) is 12.1 Å². The van der Waals surface area contributed by atoms with Crippen molar-refractivity contribution in [3.63, 3.8) is 0 Å². The Hall–Kier alpha value is -2.01. The van der Waals surface area contributed by atoms with Gasteiger partial charge in [-0.2, -0.15) is 0 Å². The van der Waals surface area contributed by atoms with Gasteiger partial charge in [-0.3, -0.25) is 0 Å². The van der Waals surface area contributed by atoms with E-state index in [-0.39, 0.29) is 18.4 Å². The minimum Gasteiger partial charge on any atom is -0.503 e. The molecule has 0 aliphatic heterocycles. The normalized spacial score (nSPS) is 12.4. The van der Waals surface area contributed by atoms with Gasteiger partial charge in [-0.25, -0.2) is 13.2 Å². The Morgan fingerprint density at radius 1 is 1.05 bits per heavy atom. The maximum atomic E-state index is 13.2. The quantitative estimate of drug-likeness (QED) is 0.896. The van der Waals surface area contributed by atoms with Crippen LogP contribution in [0.1, 0.15) is 24.1 Å². The van der Waals surface area contributed by atoms with Crippen LogP contribution in [0.3, 0.4) is 0 Å². The lowest BCUT2D eigenvalue weighted by Crippen LogP contribution is -2.18. The van der Waals surface area contributed by atoms with Crippen molar-refractivity contribution in [2.45, 2.75) is 19.5 Å². The minimum atomic E-state index is -0.990. The van der Waals surface area contributed by atoms with Crippen molar-refractivity contribution in [3.05, 3.63) is 65.0 Å². The third-order valence-corrected chi connectivity index (χ3v) is 3.06. The van der Waals surface area contributed by atoms with Crippen LogP contribution in [0, 0.1) is 17.5 Å². The van der Waals surface area contributed by atoms with Gasteiger partial charge in [-0.05, 0) is 42.3 Å². The van der Waals surface area contributed by atoms with Crippen LogP contribution in [0.5, 0.6) is 5.75 Å². The van der Waals surface area contributed by atoms with Crippen LogP contribution in [0.2, 0.25) is 0 Å². The molecule has 0 aliphatic rings. The van der Waals surface area contributed by atoms with Gasteiger partial charge < -0.3 is 10.4 Å². The van der Waals surface area contributed by atoms with Crippen molar-refractivity contribution in [2.24, 2.45) is 0 Å². The van der Waals surface area contributed by atoms with Crippen molar-refractivity contribution in [2.75, 3.05) is 0 Å². The minimum absolute atomic E-state index is 0.101. The molecule has 2 nitrogen and oxygen atoms in total. The average Bonchev–Trinajstić information content (AvgIpc) is 2.42. The van der Waals surface area contributed by atoms with Crippen LogP contribution in [0.4, 0.5) is 13.2 Å². The summed E-state index contributed by atoms with van der Waals surface area (Å²) < 4.78 is 39.1. The first-order chi connectivity index (χ1) is 9.47. The summed E-state index contributed by atoms with van der Waals surface area (Å²) in [5.74, 6) is -3.27. The molecule has 0 radical (unpaired) electrons. The van der Waals surface area contributed by atoms with Crippen LogP contribution >= 0.6 is 0 Å². The molecule has 0 amide bonds. The third-order valence-electron chi connectivity index (χ3n) is 3.06. The first-order valence-corrected chi connectivity index (χ1v) is 6.13. The topological polar surface area (TPSA) is 32.3 Å². The molecule has 2 aromatic carbocycles. The van der Waals surface area contributed by atoms with E-state index in [4.69, 9.17) is 5.11 Å². The Kier molecular flexibility index (Phi) is 4.29. The molecular formula is C15H14F3NO. The van der Waals surface area contributed by atoms with Gasteiger partial charge in [-0.1, -0.05) is 12.1 Å². The van der Waals surface area contributed by atoms with E-state index in [0.717, 1.165) is 17.7 Å². The van der Waals surface area contributed by atoms with Crippen LogP contribution in [0.15, 0.2) is 36.4 Å². The Balaban J connectivity index is 2.03. The third kappa shape index (κ3) is 3.30. The van der Waals surface area contributed by atoms with Gasteiger partial charge in [0, 0.05) is 12.6 Å². The fraction of sp³-hybridized carbons (Fsp3) is 0.200. The second-order valence-electron chi connectivity index (χ2n) is 4.56. The lowest BCUT2D eigenvalue weighted by molar-refractivity contribution is 0.394. The second kappa shape index (κ2) is 5.96. The summed E-state index contributed by atoms with van der Waals surface area (Å²) in [6.45, 7) is 2.09. The van der Waals surface area contributed by atoms with Gasteiger partial charge in [0.2, 0.25) is 0 Å². The number of nitrogens with one attached hydrogen (secondary N) is 1. The van der Waals surface area contributed by atoms with E-state index < -0.39 is 17.4 Å². The number of aromatic hydroxyl groups is 1. The van der Waals surface area contributed by atoms with Crippen molar-refractivity contribution in [1.82, 2.24) is 5.32 Å². The Bertz CT molecular complexity index is 576. The number of halogens is 3. The fourth-order valence-corrected chi connectivity index (χ4v) is 1.86. The molecular weight excluding hydrogens is 267 g/mol.